The number of urea groups is 1. The molecular formula is C33H43N5O2. The van der Waals surface area contributed by atoms with Gasteiger partial charge in [-0.05, 0) is 62.0 Å². The van der Waals surface area contributed by atoms with Crippen LogP contribution in [0.2, 0.25) is 0 Å². The van der Waals surface area contributed by atoms with Gasteiger partial charge in [-0.25, -0.2) is 9.48 Å². The number of hydrogen-bond donors (Lipinski definition) is 2. The second kappa shape index (κ2) is 13.1. The molecule has 40 heavy (non-hydrogen) atoms. The topological polar surface area (TPSA) is 71.4 Å². The molecule has 0 radical (unpaired) electrons. The number of carbonyl (C=O) groups excluding carboxylic acids is 1. The highest BCUT2D eigenvalue weighted by Gasteiger charge is 2.22. The number of rotatable bonds is 11. The number of hydrogen-bond acceptors (Lipinski definition) is 4. The number of amides is 2. The molecule has 0 spiro atoms. The maximum atomic E-state index is 13.3. The quantitative estimate of drug-likeness (QED) is 0.211. The highest BCUT2D eigenvalue weighted by atomic mass is 16.5. The number of ether oxygens (including phenoxy) is 1. The van der Waals surface area contributed by atoms with Crippen LogP contribution in [0.3, 0.4) is 0 Å². The molecule has 0 saturated carbocycles. The number of carbonyl (C=O) groups is 1. The lowest BCUT2D eigenvalue weighted by Crippen LogP contribution is -2.28. The van der Waals surface area contributed by atoms with E-state index in [9.17, 15) is 4.79 Å². The first kappa shape index (κ1) is 29.3. The van der Waals surface area contributed by atoms with Crippen LogP contribution in [0, 0.1) is 6.92 Å². The number of aryl methyl sites for hydroxylation is 2. The first-order chi connectivity index (χ1) is 19.2. The fraction of sp³-hybridized carbons (Fsp3) is 0.394. The number of anilines is 2. The van der Waals surface area contributed by atoms with Gasteiger partial charge in [-0.2, -0.15) is 5.10 Å². The molecule has 0 fully saturated rings. The van der Waals surface area contributed by atoms with Crippen LogP contribution >= 0.6 is 0 Å². The van der Waals surface area contributed by atoms with Gasteiger partial charge < -0.3 is 15.0 Å². The Hall–Kier alpha value is -3.68. The minimum atomic E-state index is -0.302. The van der Waals surface area contributed by atoms with E-state index in [1.807, 2.05) is 42.5 Å². The van der Waals surface area contributed by atoms with E-state index in [0.717, 1.165) is 61.5 Å². The van der Waals surface area contributed by atoms with Gasteiger partial charge >= 0.3 is 6.03 Å². The summed E-state index contributed by atoms with van der Waals surface area (Å²) in [7, 11) is 1.75. The molecule has 2 N–H and O–H groups in total. The molecular weight excluding hydrogens is 498 g/mol. The van der Waals surface area contributed by atoms with Crippen LogP contribution in [0.4, 0.5) is 16.3 Å². The molecule has 2 amide bonds. The zero-order valence-electron chi connectivity index (χ0n) is 24.8. The van der Waals surface area contributed by atoms with Crippen molar-refractivity contribution in [1.82, 2.24) is 14.7 Å². The lowest BCUT2D eigenvalue weighted by atomic mass is 9.92. The van der Waals surface area contributed by atoms with Crippen LogP contribution in [0.25, 0.3) is 16.5 Å². The lowest BCUT2D eigenvalue weighted by molar-refractivity contribution is 0.150. The van der Waals surface area contributed by atoms with Crippen molar-refractivity contribution < 1.29 is 9.53 Å². The monoisotopic (exact) mass is 541 g/mol. The van der Waals surface area contributed by atoms with E-state index in [2.05, 4.69) is 74.4 Å². The number of likely N-dealkylation sites (N-methyl/N-ethyl adjacent to an activating group) is 1. The molecule has 1 aromatic heterocycles. The van der Waals surface area contributed by atoms with Crippen molar-refractivity contribution in [3.63, 3.8) is 0 Å². The van der Waals surface area contributed by atoms with Gasteiger partial charge in [-0.3, -0.25) is 5.32 Å². The Morgan fingerprint density at radius 1 is 0.975 bits per heavy atom. The summed E-state index contributed by atoms with van der Waals surface area (Å²) in [4.78, 5) is 15.7. The van der Waals surface area contributed by atoms with Crippen LogP contribution in [0.1, 0.15) is 50.9 Å². The van der Waals surface area contributed by atoms with E-state index in [1.54, 1.807) is 11.8 Å². The SMILES string of the molecule is CCN(CCCc1ccc(NC(=O)Nc2cc(C(C)(C)C)nn2-c2ccc(C)cc2)c2ccccc12)CCOC. The van der Waals surface area contributed by atoms with Crippen molar-refractivity contribution in [1.29, 1.82) is 0 Å². The maximum absolute atomic E-state index is 13.3. The third kappa shape index (κ3) is 7.29. The van der Waals surface area contributed by atoms with Gasteiger partial charge in [-0.15, -0.1) is 0 Å². The summed E-state index contributed by atoms with van der Waals surface area (Å²) in [6.07, 6.45) is 2.04. The van der Waals surface area contributed by atoms with Gasteiger partial charge in [0, 0.05) is 30.5 Å². The van der Waals surface area contributed by atoms with Crippen LogP contribution in [-0.4, -0.2) is 54.1 Å². The molecule has 0 aliphatic rings. The molecule has 0 unspecified atom stereocenters. The first-order valence-corrected chi connectivity index (χ1v) is 14.2. The molecule has 1 heterocycles. The molecule has 7 nitrogen and oxygen atoms in total. The van der Waals surface area contributed by atoms with Crippen molar-refractivity contribution in [3.8, 4) is 5.69 Å². The summed E-state index contributed by atoms with van der Waals surface area (Å²) in [6.45, 7) is 14.3. The van der Waals surface area contributed by atoms with Crippen LogP contribution in [0.5, 0.6) is 0 Å². The highest BCUT2D eigenvalue weighted by Crippen LogP contribution is 2.29. The van der Waals surface area contributed by atoms with Gasteiger partial charge in [0.15, 0.2) is 0 Å². The average Bonchev–Trinajstić information content (AvgIpc) is 3.36. The molecule has 4 rings (SSSR count). The molecule has 0 aliphatic heterocycles. The Morgan fingerprint density at radius 2 is 1.70 bits per heavy atom. The summed E-state index contributed by atoms with van der Waals surface area (Å²) in [6, 6.07) is 22.2. The van der Waals surface area contributed by atoms with Crippen LogP contribution < -0.4 is 10.6 Å². The number of methoxy groups -OCH3 is 1. The van der Waals surface area contributed by atoms with Crippen molar-refractivity contribution >= 4 is 28.3 Å². The molecule has 0 saturated heterocycles. The molecule has 3 aromatic carbocycles. The number of benzene rings is 3. The van der Waals surface area contributed by atoms with Gasteiger partial charge in [-0.1, -0.05) is 75.7 Å². The fourth-order valence-corrected chi connectivity index (χ4v) is 4.82. The number of nitrogens with zero attached hydrogens (tertiary/aromatic N) is 3. The zero-order valence-corrected chi connectivity index (χ0v) is 24.8. The summed E-state index contributed by atoms with van der Waals surface area (Å²) < 4.78 is 7.04. The number of aromatic nitrogens is 2. The summed E-state index contributed by atoms with van der Waals surface area (Å²) >= 11 is 0. The molecule has 4 aromatic rings. The zero-order chi connectivity index (χ0) is 28.7. The van der Waals surface area contributed by atoms with Crippen LogP contribution in [0.15, 0.2) is 66.7 Å². The largest absolute Gasteiger partial charge is 0.383 e. The Labute approximate surface area is 238 Å². The maximum Gasteiger partial charge on any atom is 0.324 e. The second-order valence-electron chi connectivity index (χ2n) is 11.3. The number of fused-ring (bicyclic) bond motifs is 1. The van der Waals surface area contributed by atoms with Crippen molar-refractivity contribution in [3.05, 3.63) is 83.6 Å². The fourth-order valence-electron chi connectivity index (χ4n) is 4.82. The van der Waals surface area contributed by atoms with Gasteiger partial charge in [0.2, 0.25) is 0 Å². The summed E-state index contributed by atoms with van der Waals surface area (Å²) in [5.74, 6) is 0.626. The van der Waals surface area contributed by atoms with E-state index in [0.29, 0.717) is 5.82 Å². The molecule has 212 valence electrons. The third-order valence-electron chi connectivity index (χ3n) is 7.24. The normalized spacial score (nSPS) is 11.8. The Balaban J connectivity index is 1.52. The molecule has 7 heteroatoms. The highest BCUT2D eigenvalue weighted by molar-refractivity contribution is 6.06. The van der Waals surface area contributed by atoms with Crippen molar-refractivity contribution in [2.45, 2.75) is 52.9 Å². The Kier molecular flexibility index (Phi) is 9.61. The van der Waals surface area contributed by atoms with E-state index < -0.39 is 0 Å². The standard InChI is InChI=1S/C33H43N5O2/c1-7-37(21-22-40-6)20-10-11-25-16-19-29(28-13-9-8-12-27(25)28)34-32(39)35-31-23-30(33(3,4)5)36-38(31)26-17-14-24(2)15-18-26/h8-9,12-19,23H,7,10-11,20-22H2,1-6H3,(H2,34,35,39). The minimum Gasteiger partial charge on any atom is -0.383 e. The Morgan fingerprint density at radius 3 is 2.38 bits per heavy atom. The third-order valence-corrected chi connectivity index (χ3v) is 7.24. The first-order valence-electron chi connectivity index (χ1n) is 14.2. The van der Waals surface area contributed by atoms with Gasteiger partial charge in [0.05, 0.1) is 23.7 Å². The van der Waals surface area contributed by atoms with E-state index in [4.69, 9.17) is 9.84 Å². The Bertz CT molecular complexity index is 1420. The predicted molar refractivity (Wildman–Crippen MR) is 166 cm³/mol. The minimum absolute atomic E-state index is 0.160. The second-order valence-corrected chi connectivity index (χ2v) is 11.3. The van der Waals surface area contributed by atoms with Crippen molar-refractivity contribution in [2.24, 2.45) is 0 Å². The molecule has 0 aliphatic carbocycles. The van der Waals surface area contributed by atoms with E-state index >= 15 is 0 Å². The summed E-state index contributed by atoms with van der Waals surface area (Å²) in [5.41, 5.74) is 4.88. The van der Waals surface area contributed by atoms with Gasteiger partial charge in [0.25, 0.3) is 0 Å². The van der Waals surface area contributed by atoms with Gasteiger partial charge in [0.1, 0.15) is 5.82 Å². The smallest absolute Gasteiger partial charge is 0.324 e. The lowest BCUT2D eigenvalue weighted by Gasteiger charge is -2.20. The van der Waals surface area contributed by atoms with Crippen LogP contribution in [-0.2, 0) is 16.6 Å². The van der Waals surface area contributed by atoms with E-state index in [1.165, 1.54) is 16.5 Å². The average molecular weight is 542 g/mol. The number of nitrogens with one attached hydrogen (secondary N) is 2. The molecule has 0 bridgehead atoms. The van der Waals surface area contributed by atoms with Crippen molar-refractivity contribution in [2.75, 3.05) is 44.0 Å². The predicted octanol–water partition coefficient (Wildman–Crippen LogP) is 7.18. The molecule has 0 atom stereocenters. The summed E-state index contributed by atoms with van der Waals surface area (Å²) in [5, 5.41) is 13.2. The van der Waals surface area contributed by atoms with E-state index in [-0.39, 0.29) is 11.4 Å².